The van der Waals surface area contributed by atoms with Crippen molar-refractivity contribution >= 4 is 23.0 Å². The first kappa shape index (κ1) is 15.5. The van der Waals surface area contributed by atoms with Crippen molar-refractivity contribution in [3.8, 4) is 0 Å². The predicted molar refractivity (Wildman–Crippen MR) is 87.9 cm³/mol. The number of carboxylic acid groups (broad SMARTS) is 1. The Morgan fingerprint density at radius 1 is 1.13 bits per heavy atom. The summed E-state index contributed by atoms with van der Waals surface area (Å²) >= 11 is 0. The van der Waals surface area contributed by atoms with E-state index in [1.165, 1.54) is 6.07 Å². The molecule has 0 amide bonds. The maximum Gasteiger partial charge on any atom is 0.303 e. The van der Waals surface area contributed by atoms with Crippen LogP contribution in [-0.4, -0.2) is 11.1 Å². The molecule has 0 aliphatic heterocycles. The van der Waals surface area contributed by atoms with Gasteiger partial charge >= 0.3 is 5.97 Å². The standard InChI is InChI=1S/C19H15O4/c20-17-12-15(8-10-19(21)22)23-18-9-7-14(11-16(17)18)6-5-13-3-1-2-4-13/h1-7,9,11-12H,8,10H2,(H,21,22)/b6-5+. The van der Waals surface area contributed by atoms with E-state index in [-0.39, 0.29) is 18.3 Å². The maximum absolute atomic E-state index is 12.2. The molecule has 23 heavy (non-hydrogen) atoms. The molecular formula is C19H15O4. The summed E-state index contributed by atoms with van der Waals surface area (Å²) in [7, 11) is 0. The van der Waals surface area contributed by atoms with Crippen molar-refractivity contribution in [1.82, 2.24) is 0 Å². The van der Waals surface area contributed by atoms with Crippen LogP contribution in [0.25, 0.3) is 17.0 Å². The van der Waals surface area contributed by atoms with E-state index in [1.54, 1.807) is 12.1 Å². The van der Waals surface area contributed by atoms with Crippen LogP contribution in [0, 0.1) is 31.6 Å². The molecular weight excluding hydrogens is 292 g/mol. The Morgan fingerprint density at radius 2 is 1.91 bits per heavy atom. The first-order chi connectivity index (χ1) is 11.1. The number of allylic oxidation sites excluding steroid dienone is 1. The fourth-order valence-electron chi connectivity index (χ4n) is 2.37. The van der Waals surface area contributed by atoms with Crippen LogP contribution in [0.3, 0.4) is 0 Å². The summed E-state index contributed by atoms with van der Waals surface area (Å²) in [6.07, 6.45) is 12.0. The van der Waals surface area contributed by atoms with Crippen molar-refractivity contribution in [3.05, 3.63) is 83.5 Å². The van der Waals surface area contributed by atoms with E-state index < -0.39 is 5.97 Å². The van der Waals surface area contributed by atoms with Crippen molar-refractivity contribution in [2.24, 2.45) is 0 Å². The average molecular weight is 307 g/mol. The smallest absolute Gasteiger partial charge is 0.303 e. The normalized spacial score (nSPS) is 15.7. The number of hydrogen-bond donors (Lipinski definition) is 1. The van der Waals surface area contributed by atoms with Crippen molar-refractivity contribution in [2.45, 2.75) is 12.8 Å². The lowest BCUT2D eigenvalue weighted by Crippen LogP contribution is -2.04. The quantitative estimate of drug-likeness (QED) is 0.921. The number of hydrogen-bond acceptors (Lipinski definition) is 3. The summed E-state index contributed by atoms with van der Waals surface area (Å²) < 4.78 is 5.61. The fraction of sp³-hybridized carbons (Fsp3) is 0.105. The highest BCUT2D eigenvalue weighted by Gasteiger charge is 2.13. The lowest BCUT2D eigenvalue weighted by molar-refractivity contribution is -0.137. The Labute approximate surface area is 134 Å². The third-order valence-corrected chi connectivity index (χ3v) is 3.54. The summed E-state index contributed by atoms with van der Waals surface area (Å²) in [6, 6.07) is 6.76. The lowest BCUT2D eigenvalue weighted by atomic mass is 10.0. The van der Waals surface area contributed by atoms with E-state index in [2.05, 4.69) is 0 Å². The Kier molecular flexibility index (Phi) is 4.60. The van der Waals surface area contributed by atoms with Crippen LogP contribution in [0.2, 0.25) is 0 Å². The molecule has 1 aliphatic carbocycles. The molecule has 3 rings (SSSR count). The molecule has 0 spiro atoms. The van der Waals surface area contributed by atoms with E-state index in [0.717, 1.165) is 11.5 Å². The van der Waals surface area contributed by atoms with Gasteiger partial charge in [-0.1, -0.05) is 18.2 Å². The topological polar surface area (TPSA) is 67.5 Å². The molecule has 4 nitrogen and oxygen atoms in total. The van der Waals surface area contributed by atoms with Crippen LogP contribution in [0.15, 0.2) is 39.6 Å². The molecule has 0 unspecified atom stereocenters. The van der Waals surface area contributed by atoms with Gasteiger partial charge in [0, 0.05) is 18.4 Å². The molecule has 0 saturated heterocycles. The molecule has 0 atom stereocenters. The number of carboxylic acids is 1. The highest BCUT2D eigenvalue weighted by atomic mass is 16.4. The van der Waals surface area contributed by atoms with Crippen LogP contribution in [0.1, 0.15) is 17.7 Å². The van der Waals surface area contributed by atoms with Crippen molar-refractivity contribution in [3.63, 3.8) is 0 Å². The van der Waals surface area contributed by atoms with Crippen molar-refractivity contribution in [1.29, 1.82) is 0 Å². The molecule has 1 aromatic heterocycles. The van der Waals surface area contributed by atoms with Crippen LogP contribution < -0.4 is 5.43 Å². The second-order valence-electron chi connectivity index (χ2n) is 5.28. The summed E-state index contributed by atoms with van der Waals surface area (Å²) in [5.74, 6) is 0.576. The Balaban J connectivity index is 1.84. The van der Waals surface area contributed by atoms with Gasteiger partial charge in [-0.2, -0.15) is 0 Å². The van der Waals surface area contributed by atoms with Gasteiger partial charge in [-0.25, -0.2) is 0 Å². The monoisotopic (exact) mass is 307 g/mol. The highest BCUT2D eigenvalue weighted by Crippen LogP contribution is 2.25. The van der Waals surface area contributed by atoms with Crippen LogP contribution >= 0.6 is 0 Å². The Hall–Kier alpha value is -2.36. The van der Waals surface area contributed by atoms with Gasteiger partial charge in [0.1, 0.15) is 11.3 Å². The molecule has 1 aliphatic rings. The molecule has 1 saturated carbocycles. The largest absolute Gasteiger partial charge is 0.481 e. The number of carbonyl (C=O) groups is 1. The third-order valence-electron chi connectivity index (χ3n) is 3.54. The molecule has 2 aromatic rings. The summed E-state index contributed by atoms with van der Waals surface area (Å²) in [4.78, 5) is 22.8. The van der Waals surface area contributed by atoms with E-state index in [9.17, 15) is 9.59 Å². The average Bonchev–Trinajstić information content (AvgIpc) is 3.04. The summed E-state index contributed by atoms with van der Waals surface area (Å²) in [5, 5.41) is 9.20. The van der Waals surface area contributed by atoms with Gasteiger partial charge in [-0.3, -0.25) is 9.59 Å². The maximum atomic E-state index is 12.2. The first-order valence-electron chi connectivity index (χ1n) is 7.30. The number of fused-ring (bicyclic) bond motifs is 1. The Bertz CT molecular complexity index is 795. The fourth-order valence-corrected chi connectivity index (χ4v) is 2.37. The molecule has 1 aromatic carbocycles. The molecule has 4 heteroatoms. The van der Waals surface area contributed by atoms with Gasteiger partial charge in [0.05, 0.1) is 11.8 Å². The van der Waals surface area contributed by atoms with E-state index in [1.807, 2.05) is 43.9 Å². The van der Waals surface area contributed by atoms with E-state index >= 15 is 0 Å². The number of rotatable bonds is 5. The second kappa shape index (κ2) is 6.82. The third kappa shape index (κ3) is 3.89. The van der Waals surface area contributed by atoms with Gasteiger partial charge in [-0.15, -0.1) is 0 Å². The lowest BCUT2D eigenvalue weighted by Gasteiger charge is -2.03. The van der Waals surface area contributed by atoms with Crippen LogP contribution in [0.5, 0.6) is 0 Å². The molecule has 0 bridgehead atoms. The van der Waals surface area contributed by atoms with Gasteiger partial charge < -0.3 is 9.52 Å². The summed E-state index contributed by atoms with van der Waals surface area (Å²) in [5.41, 5.74) is 1.22. The van der Waals surface area contributed by atoms with Gasteiger partial charge in [0.15, 0.2) is 5.43 Å². The molecule has 1 N–H and O–H groups in total. The van der Waals surface area contributed by atoms with E-state index in [0.29, 0.717) is 16.7 Å². The number of aryl methyl sites for hydroxylation is 1. The SMILES string of the molecule is O=C(O)CCc1cc(=O)c2cc(/C=C/[C]3[CH][CH][CH][CH]3)ccc2o1. The zero-order valence-corrected chi connectivity index (χ0v) is 12.4. The zero-order valence-electron chi connectivity index (χ0n) is 12.4. The van der Waals surface area contributed by atoms with Crippen molar-refractivity contribution < 1.29 is 14.3 Å². The number of benzene rings is 1. The minimum Gasteiger partial charge on any atom is -0.481 e. The van der Waals surface area contributed by atoms with Crippen molar-refractivity contribution in [2.75, 3.05) is 0 Å². The minimum absolute atomic E-state index is 0.0606. The Morgan fingerprint density at radius 3 is 2.65 bits per heavy atom. The molecule has 1 fully saturated rings. The first-order valence-corrected chi connectivity index (χ1v) is 7.30. The van der Waals surface area contributed by atoms with Gasteiger partial charge in [-0.05, 0) is 43.4 Å². The summed E-state index contributed by atoms with van der Waals surface area (Å²) in [6.45, 7) is 0. The zero-order chi connectivity index (χ0) is 16.2. The second-order valence-corrected chi connectivity index (χ2v) is 5.28. The minimum atomic E-state index is -0.916. The molecule has 115 valence electrons. The predicted octanol–water partition coefficient (Wildman–Crippen LogP) is 3.23. The van der Waals surface area contributed by atoms with Crippen LogP contribution in [-0.2, 0) is 11.2 Å². The number of aliphatic carboxylic acids is 1. The van der Waals surface area contributed by atoms with E-state index in [4.69, 9.17) is 9.52 Å². The van der Waals surface area contributed by atoms with Crippen LogP contribution in [0.4, 0.5) is 0 Å². The highest BCUT2D eigenvalue weighted by molar-refractivity contribution is 5.80. The molecule has 5 radical (unpaired) electrons. The van der Waals surface area contributed by atoms with Gasteiger partial charge in [0.25, 0.3) is 0 Å². The van der Waals surface area contributed by atoms with Gasteiger partial charge in [0.2, 0.25) is 0 Å². The molecule has 1 heterocycles.